The number of hydrogen-bond donors (Lipinski definition) is 0. The van der Waals surface area contributed by atoms with E-state index in [4.69, 9.17) is 4.74 Å². The second kappa shape index (κ2) is 2.77. The first kappa shape index (κ1) is 7.59. The van der Waals surface area contributed by atoms with Gasteiger partial charge in [-0.25, -0.2) is 0 Å². The molecular formula is C10H12O2. The number of hydrogen-bond acceptors (Lipinski definition) is 2. The Labute approximate surface area is 71.9 Å². The second-order valence-electron chi connectivity index (χ2n) is 3.33. The Morgan fingerprint density at radius 1 is 1.58 bits per heavy atom. The summed E-state index contributed by atoms with van der Waals surface area (Å²) in [5.41, 5.74) is 0.805. The van der Waals surface area contributed by atoms with Crippen LogP contribution in [0.4, 0.5) is 0 Å². The summed E-state index contributed by atoms with van der Waals surface area (Å²) in [7, 11) is 0. The predicted octanol–water partition coefficient (Wildman–Crippen LogP) is 1.97. The number of allylic oxidation sites excluding steroid dienone is 4. The summed E-state index contributed by atoms with van der Waals surface area (Å²) >= 11 is 0. The summed E-state index contributed by atoms with van der Waals surface area (Å²) in [6, 6.07) is 0. The lowest BCUT2D eigenvalue weighted by molar-refractivity contribution is -0.119. The van der Waals surface area contributed by atoms with Crippen LogP contribution in [-0.2, 0) is 9.53 Å². The van der Waals surface area contributed by atoms with Crippen molar-refractivity contribution in [2.75, 3.05) is 0 Å². The maximum Gasteiger partial charge on any atom is 0.169 e. The van der Waals surface area contributed by atoms with Crippen molar-refractivity contribution < 1.29 is 9.53 Å². The van der Waals surface area contributed by atoms with Gasteiger partial charge >= 0.3 is 0 Å². The molecule has 2 heteroatoms. The first-order chi connectivity index (χ1) is 5.77. The van der Waals surface area contributed by atoms with Crippen LogP contribution in [0.25, 0.3) is 0 Å². The summed E-state index contributed by atoms with van der Waals surface area (Å²) in [5, 5.41) is 0. The number of Topliss-reactive ketones (excluding diaryl/α,β-unsaturated/α-hetero) is 1. The fraction of sp³-hybridized carbons (Fsp3) is 0.500. The standard InChI is InChI=1S/C10H12O2/c1-7-6-9(11)8-4-2-3-5-10(8)12-7/h2,4,7H,3,5-6H2,1H3. The Morgan fingerprint density at radius 2 is 2.42 bits per heavy atom. The van der Waals surface area contributed by atoms with Crippen LogP contribution in [0.2, 0.25) is 0 Å². The maximum absolute atomic E-state index is 11.4. The lowest BCUT2D eigenvalue weighted by Crippen LogP contribution is -2.23. The number of ketones is 1. The van der Waals surface area contributed by atoms with E-state index < -0.39 is 0 Å². The Morgan fingerprint density at radius 3 is 3.25 bits per heavy atom. The van der Waals surface area contributed by atoms with E-state index >= 15 is 0 Å². The van der Waals surface area contributed by atoms with Crippen LogP contribution >= 0.6 is 0 Å². The Hall–Kier alpha value is -1.05. The van der Waals surface area contributed by atoms with Gasteiger partial charge in [-0.05, 0) is 13.3 Å². The second-order valence-corrected chi connectivity index (χ2v) is 3.33. The molecule has 12 heavy (non-hydrogen) atoms. The quantitative estimate of drug-likeness (QED) is 0.547. The van der Waals surface area contributed by atoms with Crippen molar-refractivity contribution in [2.45, 2.75) is 32.3 Å². The first-order valence-electron chi connectivity index (χ1n) is 4.37. The molecule has 0 aromatic rings. The van der Waals surface area contributed by atoms with E-state index in [1.165, 1.54) is 0 Å². The minimum absolute atomic E-state index is 0.0720. The first-order valence-corrected chi connectivity index (χ1v) is 4.37. The third kappa shape index (κ3) is 1.17. The van der Waals surface area contributed by atoms with Gasteiger partial charge in [0.2, 0.25) is 0 Å². The van der Waals surface area contributed by atoms with E-state index in [0.29, 0.717) is 6.42 Å². The normalized spacial score (nSPS) is 28.4. The molecule has 64 valence electrons. The molecule has 0 N–H and O–H groups in total. The summed E-state index contributed by atoms with van der Waals surface area (Å²) < 4.78 is 5.57. The average molecular weight is 164 g/mol. The molecule has 1 aliphatic heterocycles. The number of carbonyl (C=O) groups excluding carboxylic acids is 1. The van der Waals surface area contributed by atoms with Crippen LogP contribution in [-0.4, -0.2) is 11.9 Å². The van der Waals surface area contributed by atoms with Crippen LogP contribution in [0.5, 0.6) is 0 Å². The van der Waals surface area contributed by atoms with Gasteiger partial charge in [-0.1, -0.05) is 12.2 Å². The molecule has 0 spiro atoms. The Balaban J connectivity index is 2.33. The third-order valence-corrected chi connectivity index (χ3v) is 2.24. The number of carbonyl (C=O) groups is 1. The Kier molecular flexibility index (Phi) is 1.75. The van der Waals surface area contributed by atoms with Crippen molar-refractivity contribution in [1.82, 2.24) is 0 Å². The van der Waals surface area contributed by atoms with Crippen molar-refractivity contribution in [1.29, 1.82) is 0 Å². The molecule has 1 heterocycles. The number of ether oxygens (including phenoxy) is 1. The minimum atomic E-state index is 0.0720. The molecule has 1 atom stereocenters. The van der Waals surface area contributed by atoms with Crippen molar-refractivity contribution in [3.05, 3.63) is 23.5 Å². The molecule has 0 aromatic carbocycles. The molecule has 1 unspecified atom stereocenters. The highest BCUT2D eigenvalue weighted by atomic mass is 16.5. The van der Waals surface area contributed by atoms with E-state index in [9.17, 15) is 4.79 Å². The molecule has 0 amide bonds. The fourth-order valence-corrected chi connectivity index (χ4v) is 1.67. The van der Waals surface area contributed by atoms with Crippen LogP contribution in [0.1, 0.15) is 26.2 Å². The molecule has 0 aromatic heterocycles. The van der Waals surface area contributed by atoms with Gasteiger partial charge in [0.15, 0.2) is 5.78 Å². The summed E-state index contributed by atoms with van der Waals surface area (Å²) in [6.45, 7) is 1.94. The zero-order chi connectivity index (χ0) is 8.55. The lowest BCUT2D eigenvalue weighted by atomic mass is 9.95. The smallest absolute Gasteiger partial charge is 0.169 e. The van der Waals surface area contributed by atoms with E-state index in [-0.39, 0.29) is 11.9 Å². The maximum atomic E-state index is 11.4. The van der Waals surface area contributed by atoms with Gasteiger partial charge in [0, 0.05) is 12.8 Å². The van der Waals surface area contributed by atoms with Crippen LogP contribution < -0.4 is 0 Å². The molecule has 2 aliphatic rings. The molecular weight excluding hydrogens is 152 g/mol. The zero-order valence-corrected chi connectivity index (χ0v) is 7.17. The molecule has 2 rings (SSSR count). The van der Waals surface area contributed by atoms with E-state index in [2.05, 4.69) is 0 Å². The van der Waals surface area contributed by atoms with E-state index in [1.807, 2.05) is 19.1 Å². The molecule has 0 saturated carbocycles. The number of rotatable bonds is 0. The highest BCUT2D eigenvalue weighted by Gasteiger charge is 2.25. The highest BCUT2D eigenvalue weighted by molar-refractivity contribution is 5.99. The van der Waals surface area contributed by atoms with Gasteiger partial charge in [0.1, 0.15) is 11.9 Å². The molecule has 2 nitrogen and oxygen atoms in total. The van der Waals surface area contributed by atoms with Crippen molar-refractivity contribution in [3.63, 3.8) is 0 Å². The van der Waals surface area contributed by atoms with Crippen molar-refractivity contribution in [2.24, 2.45) is 0 Å². The van der Waals surface area contributed by atoms with Crippen molar-refractivity contribution in [3.8, 4) is 0 Å². The molecule has 0 bridgehead atoms. The van der Waals surface area contributed by atoms with E-state index in [1.54, 1.807) is 0 Å². The third-order valence-electron chi connectivity index (χ3n) is 2.24. The van der Waals surface area contributed by atoms with E-state index in [0.717, 1.165) is 24.2 Å². The molecule has 0 fully saturated rings. The monoisotopic (exact) mass is 164 g/mol. The van der Waals surface area contributed by atoms with Gasteiger partial charge in [0.25, 0.3) is 0 Å². The predicted molar refractivity (Wildman–Crippen MR) is 45.6 cm³/mol. The topological polar surface area (TPSA) is 26.3 Å². The van der Waals surface area contributed by atoms with Crippen LogP contribution in [0, 0.1) is 0 Å². The van der Waals surface area contributed by atoms with Gasteiger partial charge < -0.3 is 4.74 Å². The zero-order valence-electron chi connectivity index (χ0n) is 7.17. The molecule has 0 radical (unpaired) electrons. The van der Waals surface area contributed by atoms with Crippen LogP contribution in [0.15, 0.2) is 23.5 Å². The van der Waals surface area contributed by atoms with Crippen LogP contribution in [0.3, 0.4) is 0 Å². The summed E-state index contributed by atoms with van der Waals surface area (Å²) in [6.07, 6.45) is 6.43. The van der Waals surface area contributed by atoms with Crippen molar-refractivity contribution >= 4 is 5.78 Å². The lowest BCUT2D eigenvalue weighted by Gasteiger charge is -2.25. The van der Waals surface area contributed by atoms with Gasteiger partial charge in [0.05, 0.1) is 5.57 Å². The van der Waals surface area contributed by atoms with Gasteiger partial charge in [-0.2, -0.15) is 0 Å². The molecule has 1 aliphatic carbocycles. The highest BCUT2D eigenvalue weighted by Crippen LogP contribution is 2.28. The minimum Gasteiger partial charge on any atom is -0.494 e. The van der Waals surface area contributed by atoms with Gasteiger partial charge in [-0.15, -0.1) is 0 Å². The molecule has 0 saturated heterocycles. The average Bonchev–Trinajstić information content (AvgIpc) is 2.04. The Bertz CT molecular complexity index is 274. The fourth-order valence-electron chi connectivity index (χ4n) is 1.67. The SMILES string of the molecule is CC1CC(=O)C2=C(CCC=C2)O1. The van der Waals surface area contributed by atoms with Gasteiger partial charge in [-0.3, -0.25) is 4.79 Å². The summed E-state index contributed by atoms with van der Waals surface area (Å²) in [4.78, 5) is 11.4. The summed E-state index contributed by atoms with van der Waals surface area (Å²) in [5.74, 6) is 1.14. The largest absolute Gasteiger partial charge is 0.494 e.